The standard InChI is InChI=1S/C60H50/c1-59(2,3)45-27-21-37(22-28-45)55-51-31-25-42(50-20-12-16-44-34-40-14-8-10-18-48(40)58(44)50)36-54(51)56(38-23-29-46(30-24-38)60(4,5)6)52-32-26-41(35-53(52)55)49-19-11-15-43-33-39-13-7-9-17-47(39)57(43)49/h7-32,35-36H,33-34H2,1-6H3. The first-order valence-electron chi connectivity index (χ1n) is 21.7. The Labute approximate surface area is 355 Å². The van der Waals surface area contributed by atoms with Crippen LogP contribution in [0.15, 0.2) is 170 Å². The van der Waals surface area contributed by atoms with Gasteiger partial charge >= 0.3 is 0 Å². The van der Waals surface area contributed by atoms with Crippen molar-refractivity contribution in [3.63, 3.8) is 0 Å². The van der Waals surface area contributed by atoms with E-state index in [4.69, 9.17) is 0 Å². The summed E-state index contributed by atoms with van der Waals surface area (Å²) < 4.78 is 0. The Morgan fingerprint density at radius 3 is 1.03 bits per heavy atom. The number of rotatable bonds is 4. The zero-order valence-corrected chi connectivity index (χ0v) is 35.6. The quantitative estimate of drug-likeness (QED) is 0.156. The van der Waals surface area contributed by atoms with Gasteiger partial charge in [-0.15, -0.1) is 0 Å². The van der Waals surface area contributed by atoms with Crippen LogP contribution in [0, 0.1) is 0 Å². The van der Waals surface area contributed by atoms with Crippen LogP contribution in [0.3, 0.4) is 0 Å². The molecule has 0 N–H and O–H groups in total. The second kappa shape index (κ2) is 13.5. The maximum absolute atomic E-state index is 2.50. The molecular formula is C60H50. The molecule has 9 aromatic carbocycles. The normalized spacial score (nSPS) is 13.0. The largest absolute Gasteiger partial charge is 0.0619 e. The van der Waals surface area contributed by atoms with Crippen molar-refractivity contribution in [1.29, 1.82) is 0 Å². The van der Waals surface area contributed by atoms with Gasteiger partial charge in [-0.1, -0.05) is 199 Å². The fraction of sp³-hybridized carbons (Fsp3) is 0.167. The van der Waals surface area contributed by atoms with E-state index < -0.39 is 0 Å². The van der Waals surface area contributed by atoms with Crippen molar-refractivity contribution in [2.24, 2.45) is 0 Å². The van der Waals surface area contributed by atoms with Crippen molar-refractivity contribution in [3.8, 4) is 66.8 Å². The van der Waals surface area contributed by atoms with E-state index in [1.165, 1.54) is 122 Å². The Hall–Kier alpha value is -6.50. The minimum atomic E-state index is 0.0619. The molecule has 0 heteroatoms. The Morgan fingerprint density at radius 2 is 0.633 bits per heavy atom. The molecule has 0 radical (unpaired) electrons. The molecule has 0 aliphatic heterocycles. The first kappa shape index (κ1) is 36.6. The van der Waals surface area contributed by atoms with Gasteiger partial charge in [-0.3, -0.25) is 0 Å². The first-order chi connectivity index (χ1) is 29.0. The monoisotopic (exact) mass is 770 g/mol. The summed E-state index contributed by atoms with van der Waals surface area (Å²) in [6.07, 6.45) is 1.96. The third-order valence-electron chi connectivity index (χ3n) is 13.5. The maximum Gasteiger partial charge on any atom is -0.00132 e. The number of fused-ring (bicyclic) bond motifs is 8. The van der Waals surface area contributed by atoms with E-state index in [1.54, 1.807) is 0 Å². The molecule has 0 heterocycles. The van der Waals surface area contributed by atoms with Crippen LogP contribution in [-0.2, 0) is 23.7 Å². The Balaban J connectivity index is 1.23. The van der Waals surface area contributed by atoms with Crippen molar-refractivity contribution in [2.75, 3.05) is 0 Å². The molecule has 0 saturated carbocycles. The molecule has 0 fully saturated rings. The SMILES string of the molecule is CC(C)(C)c1ccc(-c2c3ccc(-c4cccc5c4-c4ccccc4C5)cc3c(-c3ccc(C(C)(C)C)cc3)c3ccc(-c4cccc5c4-c4ccccc4C5)cc23)cc1. The molecule has 2 aliphatic carbocycles. The Morgan fingerprint density at radius 1 is 0.283 bits per heavy atom. The van der Waals surface area contributed by atoms with Gasteiger partial charge in [0.1, 0.15) is 0 Å². The average Bonchev–Trinajstić information content (AvgIpc) is 3.83. The van der Waals surface area contributed by atoms with Gasteiger partial charge in [-0.25, -0.2) is 0 Å². The van der Waals surface area contributed by atoms with Crippen LogP contribution in [0.4, 0.5) is 0 Å². The maximum atomic E-state index is 2.50. The summed E-state index contributed by atoms with van der Waals surface area (Å²) in [5.74, 6) is 0. The minimum absolute atomic E-state index is 0.0619. The lowest BCUT2D eigenvalue weighted by atomic mass is 9.81. The summed E-state index contributed by atoms with van der Waals surface area (Å²) in [7, 11) is 0. The Bertz CT molecular complexity index is 2960. The number of benzene rings is 9. The van der Waals surface area contributed by atoms with Gasteiger partial charge in [0, 0.05) is 0 Å². The molecule has 0 unspecified atom stereocenters. The molecular weight excluding hydrogens is 721 g/mol. The first-order valence-corrected chi connectivity index (χ1v) is 21.7. The molecule has 2 aliphatic rings. The minimum Gasteiger partial charge on any atom is -0.0619 e. The fourth-order valence-corrected chi connectivity index (χ4v) is 10.3. The van der Waals surface area contributed by atoms with Gasteiger partial charge in [-0.05, 0) is 157 Å². The van der Waals surface area contributed by atoms with E-state index in [0.29, 0.717) is 0 Å². The number of hydrogen-bond donors (Lipinski definition) is 0. The van der Waals surface area contributed by atoms with E-state index in [0.717, 1.165) is 12.8 Å². The lowest BCUT2D eigenvalue weighted by Crippen LogP contribution is -2.10. The van der Waals surface area contributed by atoms with E-state index in [-0.39, 0.29) is 10.8 Å². The van der Waals surface area contributed by atoms with Gasteiger partial charge in [0.15, 0.2) is 0 Å². The van der Waals surface area contributed by atoms with Gasteiger partial charge in [0.05, 0.1) is 0 Å². The van der Waals surface area contributed by atoms with Crippen molar-refractivity contribution in [1.82, 2.24) is 0 Å². The smallest absolute Gasteiger partial charge is 0.00132 e. The predicted molar refractivity (Wildman–Crippen MR) is 257 cm³/mol. The third kappa shape index (κ3) is 5.88. The predicted octanol–water partition coefficient (Wildman–Crippen LogP) is 16.4. The topological polar surface area (TPSA) is 0 Å². The zero-order valence-electron chi connectivity index (χ0n) is 35.6. The van der Waals surface area contributed by atoms with Crippen LogP contribution in [-0.4, -0.2) is 0 Å². The average molecular weight is 771 g/mol. The molecule has 0 atom stereocenters. The summed E-state index contributed by atoms with van der Waals surface area (Å²) in [5, 5.41) is 5.12. The van der Waals surface area contributed by atoms with Crippen LogP contribution >= 0.6 is 0 Å². The van der Waals surface area contributed by atoms with Gasteiger partial charge in [0.2, 0.25) is 0 Å². The number of hydrogen-bond acceptors (Lipinski definition) is 0. The molecule has 0 nitrogen and oxygen atoms in total. The second-order valence-electron chi connectivity index (χ2n) is 19.3. The zero-order chi connectivity index (χ0) is 40.9. The highest BCUT2D eigenvalue weighted by molar-refractivity contribution is 6.23. The highest BCUT2D eigenvalue weighted by Gasteiger charge is 2.26. The van der Waals surface area contributed by atoms with Crippen molar-refractivity contribution >= 4 is 21.5 Å². The second-order valence-corrected chi connectivity index (χ2v) is 19.3. The van der Waals surface area contributed by atoms with E-state index in [2.05, 4.69) is 211 Å². The third-order valence-corrected chi connectivity index (χ3v) is 13.5. The summed E-state index contributed by atoms with van der Waals surface area (Å²) in [6, 6.07) is 65.1. The van der Waals surface area contributed by atoms with Crippen molar-refractivity contribution in [3.05, 3.63) is 203 Å². The van der Waals surface area contributed by atoms with Crippen molar-refractivity contribution in [2.45, 2.75) is 65.2 Å². The van der Waals surface area contributed by atoms with Crippen LogP contribution in [0.25, 0.3) is 88.3 Å². The van der Waals surface area contributed by atoms with E-state index in [9.17, 15) is 0 Å². The fourth-order valence-electron chi connectivity index (χ4n) is 10.3. The molecule has 60 heavy (non-hydrogen) atoms. The van der Waals surface area contributed by atoms with Crippen LogP contribution < -0.4 is 0 Å². The molecule has 0 saturated heterocycles. The summed E-state index contributed by atoms with van der Waals surface area (Å²) in [5.41, 5.74) is 24.1. The highest BCUT2D eigenvalue weighted by Crippen LogP contribution is 2.50. The molecule has 290 valence electrons. The molecule has 0 amide bonds. The summed E-state index contributed by atoms with van der Waals surface area (Å²) >= 11 is 0. The molecule has 0 bridgehead atoms. The van der Waals surface area contributed by atoms with E-state index >= 15 is 0 Å². The summed E-state index contributed by atoms with van der Waals surface area (Å²) in [4.78, 5) is 0. The Kier molecular flexibility index (Phi) is 8.24. The summed E-state index contributed by atoms with van der Waals surface area (Å²) in [6.45, 7) is 13.8. The highest BCUT2D eigenvalue weighted by atomic mass is 14.3. The van der Waals surface area contributed by atoms with Crippen molar-refractivity contribution < 1.29 is 0 Å². The molecule has 0 spiro atoms. The van der Waals surface area contributed by atoms with Gasteiger partial charge in [0.25, 0.3) is 0 Å². The lowest BCUT2D eigenvalue weighted by molar-refractivity contribution is 0.590. The van der Waals surface area contributed by atoms with Crippen LogP contribution in [0.1, 0.15) is 74.9 Å². The molecule has 11 rings (SSSR count). The van der Waals surface area contributed by atoms with Gasteiger partial charge < -0.3 is 0 Å². The van der Waals surface area contributed by atoms with Crippen LogP contribution in [0.5, 0.6) is 0 Å². The molecule has 9 aromatic rings. The molecule has 0 aromatic heterocycles. The van der Waals surface area contributed by atoms with Crippen LogP contribution in [0.2, 0.25) is 0 Å². The van der Waals surface area contributed by atoms with E-state index in [1.807, 2.05) is 0 Å². The van der Waals surface area contributed by atoms with Gasteiger partial charge in [-0.2, -0.15) is 0 Å². The lowest BCUT2D eigenvalue weighted by Gasteiger charge is -2.23.